The van der Waals surface area contributed by atoms with E-state index in [4.69, 9.17) is 9.47 Å². The Hall–Kier alpha value is -0.0900. The third-order valence-corrected chi connectivity index (χ3v) is 7.49. The van der Waals surface area contributed by atoms with Gasteiger partial charge in [0.25, 0.3) is 0 Å². The van der Waals surface area contributed by atoms with Crippen LogP contribution < -0.4 is 0 Å². The Bertz CT molecular complexity index is 394. The number of halogens is 1. The number of hydrogen-bond acceptors (Lipinski definition) is 3. The SMILES string of the molecule is CCOC(=O)CC1CCCC2C(Br)C(OC3CCCC3)CCC12. The first-order valence-corrected chi connectivity index (χ1v) is 10.6. The molecule has 0 N–H and O–H groups in total. The zero-order valence-corrected chi connectivity index (χ0v) is 15.9. The topological polar surface area (TPSA) is 35.5 Å². The smallest absolute Gasteiger partial charge is 0.306 e. The van der Waals surface area contributed by atoms with Gasteiger partial charge in [-0.15, -0.1) is 0 Å². The number of carbonyl (C=O) groups excluding carboxylic acids is 1. The van der Waals surface area contributed by atoms with Crippen LogP contribution in [0.15, 0.2) is 0 Å². The molecule has 0 bridgehead atoms. The quantitative estimate of drug-likeness (QED) is 0.499. The molecule has 0 aromatic heterocycles. The summed E-state index contributed by atoms with van der Waals surface area (Å²) in [6, 6.07) is 0. The first-order chi connectivity index (χ1) is 11.2. The number of ether oxygens (including phenoxy) is 2. The molecule has 3 aliphatic rings. The van der Waals surface area contributed by atoms with Crippen molar-refractivity contribution in [3.63, 3.8) is 0 Å². The molecule has 0 radical (unpaired) electrons. The van der Waals surface area contributed by atoms with Crippen LogP contribution in [0.1, 0.15) is 71.1 Å². The van der Waals surface area contributed by atoms with Crippen LogP contribution in [0.25, 0.3) is 0 Å². The van der Waals surface area contributed by atoms with Crippen LogP contribution in [0.2, 0.25) is 0 Å². The van der Waals surface area contributed by atoms with Gasteiger partial charge in [-0.2, -0.15) is 0 Å². The van der Waals surface area contributed by atoms with Crippen molar-refractivity contribution in [2.75, 3.05) is 6.61 Å². The summed E-state index contributed by atoms with van der Waals surface area (Å²) < 4.78 is 11.6. The van der Waals surface area contributed by atoms with Crippen molar-refractivity contribution >= 4 is 21.9 Å². The lowest BCUT2D eigenvalue weighted by atomic mass is 9.64. The lowest BCUT2D eigenvalue weighted by molar-refractivity contribution is -0.145. The van der Waals surface area contributed by atoms with Crippen molar-refractivity contribution in [3.05, 3.63) is 0 Å². The molecule has 0 aromatic rings. The Morgan fingerprint density at radius 3 is 2.52 bits per heavy atom. The summed E-state index contributed by atoms with van der Waals surface area (Å²) in [4.78, 5) is 12.4. The summed E-state index contributed by atoms with van der Waals surface area (Å²) in [5, 5.41) is 0. The number of hydrogen-bond donors (Lipinski definition) is 0. The van der Waals surface area contributed by atoms with Crippen molar-refractivity contribution < 1.29 is 14.3 Å². The highest BCUT2D eigenvalue weighted by Gasteiger charge is 2.44. The molecule has 3 nitrogen and oxygen atoms in total. The molecule has 3 rings (SSSR count). The average Bonchev–Trinajstić information content (AvgIpc) is 3.04. The number of fused-ring (bicyclic) bond motifs is 1. The van der Waals surface area contributed by atoms with Crippen LogP contribution in [0.5, 0.6) is 0 Å². The van der Waals surface area contributed by atoms with Gasteiger partial charge in [0, 0.05) is 11.2 Å². The molecule has 0 amide bonds. The highest BCUT2D eigenvalue weighted by Crippen LogP contribution is 2.48. The minimum Gasteiger partial charge on any atom is -0.466 e. The van der Waals surface area contributed by atoms with E-state index in [1.54, 1.807) is 0 Å². The monoisotopic (exact) mass is 386 g/mol. The van der Waals surface area contributed by atoms with Gasteiger partial charge in [0.05, 0.1) is 18.8 Å². The Morgan fingerprint density at radius 2 is 1.78 bits per heavy atom. The first-order valence-electron chi connectivity index (χ1n) is 9.64. The van der Waals surface area contributed by atoms with Gasteiger partial charge in [-0.05, 0) is 63.2 Å². The largest absolute Gasteiger partial charge is 0.466 e. The predicted octanol–water partition coefficient (Wildman–Crippen LogP) is 4.86. The second-order valence-corrected chi connectivity index (χ2v) is 8.69. The van der Waals surface area contributed by atoms with Crippen LogP contribution in [-0.4, -0.2) is 29.6 Å². The molecule has 0 spiro atoms. The Morgan fingerprint density at radius 1 is 1.00 bits per heavy atom. The Kier molecular flexibility index (Phi) is 6.42. The van der Waals surface area contributed by atoms with Gasteiger partial charge >= 0.3 is 5.97 Å². The highest BCUT2D eigenvalue weighted by molar-refractivity contribution is 9.09. The standard InChI is InChI=1S/C19H31BrO3/c1-2-22-18(21)12-13-6-5-9-16-15(13)10-11-17(19(16)20)23-14-7-3-4-8-14/h13-17,19H,2-12H2,1H3. The fourth-order valence-corrected chi connectivity index (χ4v) is 6.18. The zero-order valence-electron chi connectivity index (χ0n) is 14.3. The number of carbonyl (C=O) groups is 1. The average molecular weight is 387 g/mol. The molecule has 0 aromatic carbocycles. The van der Waals surface area contributed by atoms with Gasteiger partial charge in [-0.1, -0.05) is 35.2 Å². The van der Waals surface area contributed by atoms with Crippen molar-refractivity contribution in [1.29, 1.82) is 0 Å². The van der Waals surface area contributed by atoms with Gasteiger partial charge < -0.3 is 9.47 Å². The molecule has 3 fully saturated rings. The molecule has 23 heavy (non-hydrogen) atoms. The summed E-state index contributed by atoms with van der Waals surface area (Å²) in [6.45, 7) is 2.39. The van der Waals surface area contributed by atoms with Crippen molar-refractivity contribution in [2.45, 2.75) is 88.2 Å². The van der Waals surface area contributed by atoms with E-state index in [2.05, 4.69) is 15.9 Å². The Balaban J connectivity index is 1.57. The van der Waals surface area contributed by atoms with E-state index >= 15 is 0 Å². The molecule has 3 aliphatic carbocycles. The lowest BCUT2D eigenvalue weighted by Crippen LogP contribution is -2.46. The molecular weight excluding hydrogens is 356 g/mol. The molecule has 4 heteroatoms. The second-order valence-electron chi connectivity index (χ2n) is 7.63. The Labute approximate surface area is 149 Å². The van der Waals surface area contributed by atoms with Crippen LogP contribution in [0.3, 0.4) is 0 Å². The van der Waals surface area contributed by atoms with E-state index in [0.717, 1.165) is 6.42 Å². The second kappa shape index (κ2) is 8.33. The number of alkyl halides is 1. The van der Waals surface area contributed by atoms with Crippen LogP contribution in [0, 0.1) is 17.8 Å². The first kappa shape index (κ1) is 17.7. The molecule has 3 saturated carbocycles. The minimum absolute atomic E-state index is 0.00592. The van der Waals surface area contributed by atoms with Gasteiger partial charge in [0.2, 0.25) is 0 Å². The van der Waals surface area contributed by atoms with Gasteiger partial charge in [-0.3, -0.25) is 4.79 Å². The van der Waals surface area contributed by atoms with Gasteiger partial charge in [0.15, 0.2) is 0 Å². The fourth-order valence-electron chi connectivity index (χ4n) is 5.13. The van der Waals surface area contributed by atoms with Gasteiger partial charge in [0.1, 0.15) is 0 Å². The fraction of sp³-hybridized carbons (Fsp3) is 0.947. The van der Waals surface area contributed by atoms with E-state index in [1.165, 1.54) is 51.4 Å². The highest BCUT2D eigenvalue weighted by atomic mass is 79.9. The van der Waals surface area contributed by atoms with E-state index in [0.29, 0.717) is 47.8 Å². The molecule has 0 heterocycles. The molecule has 0 saturated heterocycles. The summed E-state index contributed by atoms with van der Waals surface area (Å²) in [7, 11) is 0. The maximum Gasteiger partial charge on any atom is 0.306 e. The third-order valence-electron chi connectivity index (χ3n) is 6.22. The van der Waals surface area contributed by atoms with Gasteiger partial charge in [-0.25, -0.2) is 0 Å². The maximum absolute atomic E-state index is 11.9. The molecule has 5 unspecified atom stereocenters. The third kappa shape index (κ3) is 4.31. The molecule has 132 valence electrons. The van der Waals surface area contributed by atoms with Crippen molar-refractivity contribution in [2.24, 2.45) is 17.8 Å². The van der Waals surface area contributed by atoms with Crippen LogP contribution in [-0.2, 0) is 14.3 Å². The normalized spacial score (nSPS) is 38.3. The minimum atomic E-state index is -0.00592. The van der Waals surface area contributed by atoms with Crippen LogP contribution in [0.4, 0.5) is 0 Å². The maximum atomic E-state index is 11.9. The number of esters is 1. The van der Waals surface area contributed by atoms with Crippen LogP contribution >= 0.6 is 15.9 Å². The van der Waals surface area contributed by atoms with E-state index in [9.17, 15) is 4.79 Å². The lowest BCUT2D eigenvalue weighted by Gasteiger charge is -2.47. The predicted molar refractivity (Wildman–Crippen MR) is 94.6 cm³/mol. The zero-order chi connectivity index (χ0) is 16.2. The summed E-state index contributed by atoms with van der Waals surface area (Å²) >= 11 is 3.99. The van der Waals surface area contributed by atoms with Crippen molar-refractivity contribution in [1.82, 2.24) is 0 Å². The van der Waals surface area contributed by atoms with E-state index in [1.807, 2.05) is 6.92 Å². The number of rotatable bonds is 5. The molecule has 5 atom stereocenters. The summed E-state index contributed by atoms with van der Waals surface area (Å²) in [5.41, 5.74) is 0. The molecule has 0 aliphatic heterocycles. The summed E-state index contributed by atoms with van der Waals surface area (Å²) in [6.07, 6.45) is 12.7. The summed E-state index contributed by atoms with van der Waals surface area (Å²) in [5.74, 6) is 1.85. The van der Waals surface area contributed by atoms with E-state index in [-0.39, 0.29) is 5.97 Å². The van der Waals surface area contributed by atoms with Crippen molar-refractivity contribution in [3.8, 4) is 0 Å². The molecular formula is C19H31BrO3. The van der Waals surface area contributed by atoms with E-state index < -0.39 is 0 Å².